The molecule has 0 aromatic heterocycles. The van der Waals surface area contributed by atoms with Gasteiger partial charge in [-0.3, -0.25) is 4.79 Å². The maximum absolute atomic E-state index is 10.8. The number of carbonyl (C=O) groups is 1. The molecule has 0 bridgehead atoms. The summed E-state index contributed by atoms with van der Waals surface area (Å²) in [7, 11) is 0. The molecule has 0 N–H and O–H groups in total. The Labute approximate surface area is 96.0 Å². The van der Waals surface area contributed by atoms with E-state index >= 15 is 0 Å². The number of ether oxygens (including phenoxy) is 1. The van der Waals surface area contributed by atoms with E-state index in [4.69, 9.17) is 39.5 Å². The van der Waals surface area contributed by atoms with Crippen molar-refractivity contribution in [2.24, 2.45) is 0 Å². The first kappa shape index (κ1) is 11.4. The Balaban J connectivity index is 2.89. The molecule has 74 valence electrons. The van der Waals surface area contributed by atoms with E-state index in [0.717, 1.165) is 5.54 Å². The topological polar surface area (TPSA) is 26.3 Å². The fourth-order valence-electron chi connectivity index (χ4n) is 0.817. The largest absolute Gasteiger partial charge is 0.444 e. The lowest BCUT2D eigenvalue weighted by Gasteiger charge is -2.03. The van der Waals surface area contributed by atoms with Gasteiger partial charge in [0.15, 0.2) is 0 Å². The molecule has 1 aromatic carbocycles. The van der Waals surface area contributed by atoms with Gasteiger partial charge in [-0.05, 0) is 41.4 Å². The molecule has 0 aliphatic carbocycles. The van der Waals surface area contributed by atoms with Crippen molar-refractivity contribution in [1.82, 2.24) is 0 Å². The van der Waals surface area contributed by atoms with E-state index in [2.05, 4.69) is 0 Å². The molecule has 0 unspecified atom stereocenters. The van der Waals surface area contributed by atoms with Gasteiger partial charge in [-0.2, -0.15) is 0 Å². The van der Waals surface area contributed by atoms with E-state index in [1.807, 2.05) is 0 Å². The highest BCUT2D eigenvalue weighted by molar-refractivity contribution is 6.67. The summed E-state index contributed by atoms with van der Waals surface area (Å²) in [6.45, 7) is 0. The molecule has 14 heavy (non-hydrogen) atoms. The third kappa shape index (κ3) is 3.22. The van der Waals surface area contributed by atoms with Crippen molar-refractivity contribution < 1.29 is 9.53 Å². The van der Waals surface area contributed by atoms with Crippen LogP contribution in [0.1, 0.15) is 10.4 Å². The van der Waals surface area contributed by atoms with Gasteiger partial charge in [0, 0.05) is 5.56 Å². The zero-order chi connectivity index (χ0) is 10.6. The number of carbonyl (C=O) groups excluding carboxylic acids is 1. The minimum absolute atomic E-state index is 0.0193. The van der Waals surface area contributed by atoms with E-state index in [1.54, 1.807) is 18.2 Å². The lowest BCUT2D eigenvalue weighted by Crippen LogP contribution is -1.91. The van der Waals surface area contributed by atoms with Crippen molar-refractivity contribution in [3.8, 4) is 5.75 Å². The number of halogens is 3. The SMILES string of the molecule is O=C(Cl)c1cccc(O/C(Cl)=C/Cl)c1. The van der Waals surface area contributed by atoms with Crippen LogP contribution >= 0.6 is 34.8 Å². The zero-order valence-electron chi connectivity index (χ0n) is 6.84. The predicted octanol–water partition coefficient (Wildman–Crippen LogP) is 3.72. The van der Waals surface area contributed by atoms with Gasteiger partial charge in [0.1, 0.15) is 5.75 Å². The molecule has 0 amide bonds. The fraction of sp³-hybridized carbons (Fsp3) is 0. The second kappa shape index (κ2) is 5.25. The third-order valence-corrected chi connectivity index (χ3v) is 2.08. The minimum atomic E-state index is -0.554. The Morgan fingerprint density at radius 2 is 2.07 bits per heavy atom. The Morgan fingerprint density at radius 3 is 2.64 bits per heavy atom. The monoisotopic (exact) mass is 250 g/mol. The number of hydrogen-bond acceptors (Lipinski definition) is 2. The number of benzene rings is 1. The van der Waals surface area contributed by atoms with Crippen molar-refractivity contribution in [2.45, 2.75) is 0 Å². The summed E-state index contributed by atoms with van der Waals surface area (Å²) in [5, 5.41) is -0.535. The van der Waals surface area contributed by atoms with Crippen LogP contribution in [0.2, 0.25) is 0 Å². The van der Waals surface area contributed by atoms with Crippen molar-refractivity contribution in [2.75, 3.05) is 0 Å². The van der Waals surface area contributed by atoms with Gasteiger partial charge in [0.25, 0.3) is 5.24 Å². The van der Waals surface area contributed by atoms with Gasteiger partial charge in [0.05, 0.1) is 5.54 Å². The molecule has 0 heterocycles. The van der Waals surface area contributed by atoms with E-state index in [9.17, 15) is 4.79 Å². The highest BCUT2D eigenvalue weighted by atomic mass is 35.5. The Kier molecular flexibility index (Phi) is 4.26. The first-order chi connectivity index (χ1) is 6.63. The molecular weight excluding hydrogens is 246 g/mol. The number of hydrogen-bond donors (Lipinski definition) is 0. The molecule has 1 rings (SSSR count). The third-order valence-electron chi connectivity index (χ3n) is 1.36. The summed E-state index contributed by atoms with van der Waals surface area (Å²) >= 11 is 16.1. The van der Waals surface area contributed by atoms with Crippen LogP contribution in [0.3, 0.4) is 0 Å². The summed E-state index contributed by atoms with van der Waals surface area (Å²) < 4.78 is 5.04. The van der Waals surface area contributed by atoms with Crippen LogP contribution in [0.25, 0.3) is 0 Å². The Bertz CT molecular complexity index is 374. The van der Waals surface area contributed by atoms with Crippen LogP contribution < -0.4 is 4.74 Å². The summed E-state index contributed by atoms with van der Waals surface area (Å²) in [6.07, 6.45) is 0. The van der Waals surface area contributed by atoms with Crippen LogP contribution in [-0.2, 0) is 0 Å². The fourth-order valence-corrected chi connectivity index (χ4v) is 1.07. The molecular formula is C9H5Cl3O2. The zero-order valence-corrected chi connectivity index (χ0v) is 9.10. The molecule has 0 spiro atoms. The normalized spacial score (nSPS) is 11.2. The quantitative estimate of drug-likeness (QED) is 0.604. The molecule has 0 saturated carbocycles. The highest BCUT2D eigenvalue weighted by Crippen LogP contribution is 2.19. The van der Waals surface area contributed by atoms with Crippen molar-refractivity contribution in [3.63, 3.8) is 0 Å². The summed E-state index contributed by atoms with van der Waals surface area (Å²) in [5.41, 5.74) is 1.42. The number of rotatable bonds is 3. The van der Waals surface area contributed by atoms with Gasteiger partial charge in [-0.1, -0.05) is 17.7 Å². The average Bonchev–Trinajstić information content (AvgIpc) is 2.18. The lowest BCUT2D eigenvalue weighted by molar-refractivity contribution is 0.108. The lowest BCUT2D eigenvalue weighted by atomic mass is 10.2. The van der Waals surface area contributed by atoms with E-state index in [0.29, 0.717) is 11.3 Å². The molecule has 5 heteroatoms. The van der Waals surface area contributed by atoms with E-state index in [1.165, 1.54) is 6.07 Å². The second-order valence-electron chi connectivity index (χ2n) is 2.32. The van der Waals surface area contributed by atoms with Gasteiger partial charge >= 0.3 is 0 Å². The van der Waals surface area contributed by atoms with E-state index < -0.39 is 5.24 Å². The van der Waals surface area contributed by atoms with Gasteiger partial charge in [0.2, 0.25) is 5.22 Å². The summed E-state index contributed by atoms with van der Waals surface area (Å²) in [6, 6.07) is 6.30. The Hall–Kier alpha value is -0.700. The maximum atomic E-state index is 10.8. The highest BCUT2D eigenvalue weighted by Gasteiger charge is 2.03. The van der Waals surface area contributed by atoms with Crippen LogP contribution in [0.4, 0.5) is 0 Å². The molecule has 1 aromatic rings. The second-order valence-corrected chi connectivity index (χ2v) is 3.25. The molecule has 0 aliphatic heterocycles. The van der Waals surface area contributed by atoms with Gasteiger partial charge < -0.3 is 4.74 Å². The van der Waals surface area contributed by atoms with Crippen LogP contribution in [-0.4, -0.2) is 5.24 Å². The molecule has 0 fully saturated rings. The van der Waals surface area contributed by atoms with Crippen LogP contribution in [0.15, 0.2) is 35.0 Å². The molecule has 0 atom stereocenters. The predicted molar refractivity (Wildman–Crippen MR) is 57.0 cm³/mol. The standard InChI is InChI=1S/C9H5Cl3O2/c10-5-8(11)14-7-3-1-2-6(4-7)9(12)13/h1-5H/b8-5+. The Morgan fingerprint density at radius 1 is 1.36 bits per heavy atom. The first-order valence-corrected chi connectivity index (χ1v) is 4.76. The smallest absolute Gasteiger partial charge is 0.252 e. The molecule has 0 radical (unpaired) electrons. The van der Waals surface area contributed by atoms with Gasteiger partial charge in [-0.25, -0.2) is 0 Å². The average molecular weight is 251 g/mol. The minimum Gasteiger partial charge on any atom is -0.444 e. The molecule has 0 saturated heterocycles. The molecule has 2 nitrogen and oxygen atoms in total. The van der Waals surface area contributed by atoms with Crippen LogP contribution in [0.5, 0.6) is 5.75 Å². The van der Waals surface area contributed by atoms with Crippen molar-refractivity contribution in [1.29, 1.82) is 0 Å². The molecule has 0 aliphatic rings. The van der Waals surface area contributed by atoms with Gasteiger partial charge in [-0.15, -0.1) is 0 Å². The summed E-state index contributed by atoms with van der Waals surface area (Å²) in [5.74, 6) is 0.401. The van der Waals surface area contributed by atoms with Crippen molar-refractivity contribution in [3.05, 3.63) is 40.6 Å². The summed E-state index contributed by atoms with van der Waals surface area (Å²) in [4.78, 5) is 10.8. The van der Waals surface area contributed by atoms with Crippen molar-refractivity contribution >= 4 is 40.0 Å². The first-order valence-electron chi connectivity index (χ1n) is 3.57. The maximum Gasteiger partial charge on any atom is 0.252 e. The van der Waals surface area contributed by atoms with Crippen LogP contribution in [0, 0.1) is 0 Å². The van der Waals surface area contributed by atoms with E-state index in [-0.39, 0.29) is 5.22 Å².